The van der Waals surface area contributed by atoms with E-state index < -0.39 is 0 Å². The summed E-state index contributed by atoms with van der Waals surface area (Å²) in [6.45, 7) is 4.31. The van der Waals surface area contributed by atoms with Gasteiger partial charge < -0.3 is 24.7 Å². The lowest BCUT2D eigenvalue weighted by Gasteiger charge is -2.26. The first-order valence-corrected chi connectivity index (χ1v) is 11.3. The van der Waals surface area contributed by atoms with E-state index in [0.29, 0.717) is 31.1 Å². The molecule has 2 N–H and O–H groups in total. The maximum absolute atomic E-state index is 13.1. The first kappa shape index (κ1) is 23.5. The third-order valence-corrected chi connectivity index (χ3v) is 5.89. The minimum absolute atomic E-state index is 0.194. The molecule has 0 unspecified atom stereocenters. The van der Waals surface area contributed by atoms with Crippen molar-refractivity contribution in [3.05, 3.63) is 71.6 Å². The lowest BCUT2D eigenvalue weighted by atomic mass is 10.1. The van der Waals surface area contributed by atoms with Gasteiger partial charge in [-0.1, -0.05) is 18.2 Å². The molecule has 0 aliphatic carbocycles. The van der Waals surface area contributed by atoms with Crippen molar-refractivity contribution in [2.45, 2.75) is 0 Å². The molecular formula is C26H30N4O4. The highest BCUT2D eigenvalue weighted by Crippen LogP contribution is 2.22. The minimum Gasteiger partial charge on any atom is -0.497 e. The summed E-state index contributed by atoms with van der Waals surface area (Å²) in [5.74, 6) is -0.0375. The van der Waals surface area contributed by atoms with Crippen LogP contribution in [0.4, 0.5) is 0 Å². The average molecular weight is 463 g/mol. The smallest absolute Gasteiger partial charge is 0.267 e. The van der Waals surface area contributed by atoms with Crippen molar-refractivity contribution < 1.29 is 19.1 Å². The van der Waals surface area contributed by atoms with Gasteiger partial charge in [0, 0.05) is 61.5 Å². The molecule has 0 radical (unpaired) electrons. The Labute approximate surface area is 199 Å². The van der Waals surface area contributed by atoms with Gasteiger partial charge in [-0.15, -0.1) is 0 Å². The number of benzene rings is 2. The van der Waals surface area contributed by atoms with Crippen LogP contribution in [0.15, 0.2) is 60.4 Å². The van der Waals surface area contributed by atoms with Crippen molar-refractivity contribution in [2.75, 3.05) is 46.5 Å². The Hall–Kier alpha value is -3.62. The molecule has 1 aliphatic rings. The van der Waals surface area contributed by atoms with Crippen LogP contribution < -0.4 is 15.4 Å². The SMILES string of the molecule is COc1ccc(C(=O)NC(=Cc2cn(C)c3ccccc23)C(=O)NCCN2CCOCC2)cc1. The Kier molecular flexibility index (Phi) is 7.61. The number of nitrogens with one attached hydrogen (secondary N) is 2. The molecule has 0 spiro atoms. The zero-order valence-corrected chi connectivity index (χ0v) is 19.5. The molecule has 0 atom stereocenters. The fourth-order valence-corrected chi connectivity index (χ4v) is 3.99. The van der Waals surface area contributed by atoms with Crippen LogP contribution in [0, 0.1) is 0 Å². The van der Waals surface area contributed by atoms with E-state index in [4.69, 9.17) is 9.47 Å². The number of methoxy groups -OCH3 is 1. The first-order valence-electron chi connectivity index (χ1n) is 11.3. The summed E-state index contributed by atoms with van der Waals surface area (Å²) in [7, 11) is 3.53. The zero-order valence-electron chi connectivity index (χ0n) is 19.5. The average Bonchev–Trinajstić information content (AvgIpc) is 3.19. The Bertz CT molecular complexity index is 1180. The summed E-state index contributed by atoms with van der Waals surface area (Å²) >= 11 is 0. The minimum atomic E-state index is -0.363. The molecule has 2 amide bonds. The van der Waals surface area contributed by atoms with Crippen molar-refractivity contribution in [1.29, 1.82) is 0 Å². The molecule has 1 aromatic heterocycles. The van der Waals surface area contributed by atoms with Crippen LogP contribution in [0.3, 0.4) is 0 Å². The van der Waals surface area contributed by atoms with Crippen LogP contribution >= 0.6 is 0 Å². The van der Waals surface area contributed by atoms with Gasteiger partial charge in [0.15, 0.2) is 0 Å². The van der Waals surface area contributed by atoms with Gasteiger partial charge in [0.05, 0.1) is 20.3 Å². The fourth-order valence-electron chi connectivity index (χ4n) is 3.99. The van der Waals surface area contributed by atoms with E-state index in [1.807, 2.05) is 42.1 Å². The molecule has 0 bridgehead atoms. The number of carbonyl (C=O) groups excluding carboxylic acids is 2. The van der Waals surface area contributed by atoms with E-state index in [0.717, 1.165) is 36.1 Å². The summed E-state index contributed by atoms with van der Waals surface area (Å²) in [6.07, 6.45) is 3.68. The Morgan fingerprint density at radius 3 is 2.56 bits per heavy atom. The second-order valence-electron chi connectivity index (χ2n) is 8.16. The highest BCUT2D eigenvalue weighted by atomic mass is 16.5. The van der Waals surface area contributed by atoms with Gasteiger partial charge in [-0.3, -0.25) is 14.5 Å². The van der Waals surface area contributed by atoms with Crippen molar-refractivity contribution in [1.82, 2.24) is 20.1 Å². The van der Waals surface area contributed by atoms with Crippen molar-refractivity contribution in [3.63, 3.8) is 0 Å². The van der Waals surface area contributed by atoms with Crippen LogP contribution in [0.1, 0.15) is 15.9 Å². The quantitative estimate of drug-likeness (QED) is 0.503. The molecule has 1 aliphatic heterocycles. The summed E-state index contributed by atoms with van der Waals surface area (Å²) in [5, 5.41) is 6.76. The molecule has 8 heteroatoms. The summed E-state index contributed by atoms with van der Waals surface area (Å²) in [4.78, 5) is 28.3. The van der Waals surface area contributed by atoms with Crippen molar-refractivity contribution in [3.8, 4) is 5.75 Å². The zero-order chi connectivity index (χ0) is 23.9. The molecule has 4 rings (SSSR count). The Morgan fingerprint density at radius 2 is 1.82 bits per heavy atom. The highest BCUT2D eigenvalue weighted by Gasteiger charge is 2.17. The van der Waals surface area contributed by atoms with Crippen LogP contribution in [0.2, 0.25) is 0 Å². The number of para-hydroxylation sites is 1. The number of hydrogen-bond donors (Lipinski definition) is 2. The highest BCUT2D eigenvalue weighted by molar-refractivity contribution is 6.06. The van der Waals surface area contributed by atoms with E-state index >= 15 is 0 Å². The van der Waals surface area contributed by atoms with Gasteiger partial charge >= 0.3 is 0 Å². The first-order chi connectivity index (χ1) is 16.5. The molecule has 1 fully saturated rings. The van der Waals surface area contributed by atoms with Crippen LogP contribution in [-0.2, 0) is 16.6 Å². The van der Waals surface area contributed by atoms with Gasteiger partial charge in [0.25, 0.3) is 11.8 Å². The van der Waals surface area contributed by atoms with Gasteiger partial charge in [0.1, 0.15) is 11.4 Å². The second-order valence-corrected chi connectivity index (χ2v) is 8.16. The number of amides is 2. The lowest BCUT2D eigenvalue weighted by Crippen LogP contribution is -2.42. The molecule has 8 nitrogen and oxygen atoms in total. The van der Waals surface area contributed by atoms with Crippen molar-refractivity contribution >= 4 is 28.8 Å². The number of hydrogen-bond acceptors (Lipinski definition) is 5. The van der Waals surface area contributed by atoms with Gasteiger partial charge in [-0.25, -0.2) is 0 Å². The summed E-state index contributed by atoms with van der Waals surface area (Å²) in [6, 6.07) is 14.7. The molecule has 2 aromatic carbocycles. The number of aromatic nitrogens is 1. The fraction of sp³-hybridized carbons (Fsp3) is 0.308. The third-order valence-electron chi connectivity index (χ3n) is 5.89. The van der Waals surface area contributed by atoms with E-state index in [1.54, 1.807) is 37.5 Å². The number of aryl methyl sites for hydroxylation is 1. The molecule has 1 saturated heterocycles. The number of carbonyl (C=O) groups is 2. The van der Waals surface area contributed by atoms with Crippen LogP contribution in [0.25, 0.3) is 17.0 Å². The van der Waals surface area contributed by atoms with E-state index in [1.165, 1.54) is 0 Å². The molecule has 3 aromatic rings. The van der Waals surface area contributed by atoms with E-state index in [-0.39, 0.29) is 17.5 Å². The predicted molar refractivity (Wildman–Crippen MR) is 132 cm³/mol. The van der Waals surface area contributed by atoms with Crippen LogP contribution in [-0.4, -0.2) is 67.8 Å². The van der Waals surface area contributed by atoms with Gasteiger partial charge in [-0.2, -0.15) is 0 Å². The Balaban J connectivity index is 1.55. The number of ether oxygens (including phenoxy) is 2. The number of fused-ring (bicyclic) bond motifs is 1. The molecule has 2 heterocycles. The molecular weight excluding hydrogens is 432 g/mol. The van der Waals surface area contributed by atoms with Gasteiger partial charge in [-0.05, 0) is 36.4 Å². The Morgan fingerprint density at radius 1 is 1.09 bits per heavy atom. The number of morpholine rings is 1. The summed E-state index contributed by atoms with van der Waals surface area (Å²) in [5.41, 5.74) is 2.53. The monoisotopic (exact) mass is 462 g/mol. The molecule has 34 heavy (non-hydrogen) atoms. The third kappa shape index (κ3) is 5.65. The topological polar surface area (TPSA) is 84.8 Å². The molecule has 0 saturated carbocycles. The van der Waals surface area contributed by atoms with Crippen molar-refractivity contribution in [2.24, 2.45) is 7.05 Å². The maximum Gasteiger partial charge on any atom is 0.267 e. The lowest BCUT2D eigenvalue weighted by molar-refractivity contribution is -0.117. The van der Waals surface area contributed by atoms with Gasteiger partial charge in [0.2, 0.25) is 0 Å². The maximum atomic E-state index is 13.1. The summed E-state index contributed by atoms with van der Waals surface area (Å²) < 4.78 is 12.5. The normalized spacial score (nSPS) is 14.7. The van der Waals surface area contributed by atoms with E-state index in [2.05, 4.69) is 15.5 Å². The number of nitrogens with zero attached hydrogens (tertiary/aromatic N) is 2. The molecule has 178 valence electrons. The second kappa shape index (κ2) is 11.0. The predicted octanol–water partition coefficient (Wildman–Crippen LogP) is 2.41. The van der Waals surface area contributed by atoms with E-state index in [9.17, 15) is 9.59 Å². The largest absolute Gasteiger partial charge is 0.497 e. The number of rotatable bonds is 8. The standard InChI is InChI=1S/C26H30N4O4/c1-29-18-20(22-5-3-4-6-24(22)29)17-23(26(32)27-11-12-30-13-15-34-16-14-30)28-25(31)19-7-9-21(33-2)10-8-19/h3-10,17-18H,11-16H2,1-2H3,(H,27,32)(H,28,31). The van der Waals surface area contributed by atoms with Crippen LogP contribution in [0.5, 0.6) is 5.75 Å².